The van der Waals surface area contributed by atoms with Crippen LogP contribution < -0.4 is 14.6 Å². The number of anilines is 2. The Morgan fingerprint density at radius 1 is 1.18 bits per heavy atom. The fourth-order valence-corrected chi connectivity index (χ4v) is 3.63. The van der Waals surface area contributed by atoms with Gasteiger partial charge in [-0.05, 0) is 12.2 Å². The minimum atomic E-state index is -0.840. The molecule has 182 valence electrons. The van der Waals surface area contributed by atoms with Crippen molar-refractivity contribution >= 4 is 17.3 Å². The zero-order chi connectivity index (χ0) is 23.8. The molecule has 1 aromatic rings. The maximum Gasteiger partial charge on any atom is 0.320 e. The summed E-state index contributed by atoms with van der Waals surface area (Å²) in [7, 11) is 1.67. The highest BCUT2D eigenvalue weighted by Gasteiger charge is 2.20. The van der Waals surface area contributed by atoms with Gasteiger partial charge in [-0.15, -0.1) is 0 Å². The van der Waals surface area contributed by atoms with Crippen molar-refractivity contribution in [1.29, 1.82) is 0 Å². The number of nitrogens with zero attached hydrogens (tertiary/aromatic N) is 5. The van der Waals surface area contributed by atoms with Crippen LogP contribution in [0.3, 0.4) is 0 Å². The molecule has 1 fully saturated rings. The molecule has 2 N–H and O–H groups in total. The van der Waals surface area contributed by atoms with Crippen molar-refractivity contribution in [3.63, 3.8) is 0 Å². The lowest BCUT2D eigenvalue weighted by molar-refractivity contribution is 0.0741. The topological polar surface area (TPSA) is 113 Å². The van der Waals surface area contributed by atoms with Gasteiger partial charge in [-0.2, -0.15) is 15.1 Å². The number of hydrogen-bond donors (Lipinski definition) is 2. The number of aliphatic hydroxyl groups excluding tert-OH is 2. The van der Waals surface area contributed by atoms with E-state index >= 15 is 0 Å². The molecule has 0 spiro atoms. The second kappa shape index (κ2) is 11.8. The Labute approximate surface area is 199 Å². The first-order valence-electron chi connectivity index (χ1n) is 11.4. The van der Waals surface area contributed by atoms with Crippen LogP contribution in [0.4, 0.5) is 11.6 Å². The van der Waals surface area contributed by atoms with Gasteiger partial charge >= 0.3 is 6.01 Å². The predicted octanol–water partition coefficient (Wildman–Crippen LogP) is 1.58. The summed E-state index contributed by atoms with van der Waals surface area (Å²) in [6.07, 6.45) is 12.2. The molecular formula is C24H31N5O5. The molecule has 34 heavy (non-hydrogen) atoms. The SMILES string of the molecule is COC1=CC(C2=NN(c3cc(N4CCOCC4)nc(OCCC(O)CO)n3)CC=C2)=CC=CC1. The van der Waals surface area contributed by atoms with E-state index in [4.69, 9.17) is 24.4 Å². The van der Waals surface area contributed by atoms with Crippen molar-refractivity contribution in [2.75, 3.05) is 63.1 Å². The second-order valence-electron chi connectivity index (χ2n) is 7.98. The number of hydrogen-bond acceptors (Lipinski definition) is 10. The molecule has 10 nitrogen and oxygen atoms in total. The van der Waals surface area contributed by atoms with Crippen molar-refractivity contribution in [2.45, 2.75) is 18.9 Å². The molecule has 1 unspecified atom stereocenters. The minimum Gasteiger partial charge on any atom is -0.501 e. The van der Waals surface area contributed by atoms with E-state index in [-0.39, 0.29) is 25.6 Å². The van der Waals surface area contributed by atoms with E-state index in [1.165, 1.54) is 0 Å². The van der Waals surface area contributed by atoms with E-state index in [2.05, 4.69) is 14.9 Å². The smallest absolute Gasteiger partial charge is 0.320 e. The molecule has 3 aliphatic rings. The Bertz CT molecular complexity index is 997. The quantitative estimate of drug-likeness (QED) is 0.557. The molecule has 0 bridgehead atoms. The van der Waals surface area contributed by atoms with E-state index in [0.29, 0.717) is 25.6 Å². The number of aromatic nitrogens is 2. The van der Waals surface area contributed by atoms with Gasteiger partial charge in [-0.3, -0.25) is 0 Å². The van der Waals surface area contributed by atoms with Crippen LogP contribution in [0, 0.1) is 0 Å². The van der Waals surface area contributed by atoms with Gasteiger partial charge in [0.15, 0.2) is 5.82 Å². The number of morpholine rings is 1. The minimum absolute atomic E-state index is 0.186. The Morgan fingerprint density at radius 2 is 2.00 bits per heavy atom. The van der Waals surface area contributed by atoms with Crippen LogP contribution in [0.1, 0.15) is 12.8 Å². The largest absolute Gasteiger partial charge is 0.501 e. The van der Waals surface area contributed by atoms with Gasteiger partial charge in [0, 0.05) is 37.6 Å². The molecule has 4 rings (SSSR count). The van der Waals surface area contributed by atoms with Gasteiger partial charge in [0.2, 0.25) is 0 Å². The number of methoxy groups -OCH3 is 1. The van der Waals surface area contributed by atoms with Crippen molar-refractivity contribution < 1.29 is 24.4 Å². The van der Waals surface area contributed by atoms with Crippen molar-refractivity contribution in [1.82, 2.24) is 9.97 Å². The lowest BCUT2D eigenvalue weighted by Crippen LogP contribution is -2.37. The van der Waals surface area contributed by atoms with E-state index in [1.807, 2.05) is 47.5 Å². The highest BCUT2D eigenvalue weighted by atomic mass is 16.5. The van der Waals surface area contributed by atoms with Crippen LogP contribution in [-0.2, 0) is 9.47 Å². The van der Waals surface area contributed by atoms with Crippen LogP contribution >= 0.6 is 0 Å². The Balaban J connectivity index is 1.61. The van der Waals surface area contributed by atoms with Crippen LogP contribution in [0.2, 0.25) is 0 Å². The van der Waals surface area contributed by atoms with E-state index < -0.39 is 6.10 Å². The lowest BCUT2D eigenvalue weighted by Gasteiger charge is -2.29. The average Bonchev–Trinajstić information content (AvgIpc) is 3.15. The number of hydrazone groups is 1. The molecule has 1 aliphatic carbocycles. The monoisotopic (exact) mass is 469 g/mol. The first kappa shape index (κ1) is 23.9. The second-order valence-corrected chi connectivity index (χ2v) is 7.98. The molecule has 0 aromatic carbocycles. The van der Waals surface area contributed by atoms with E-state index in [9.17, 15) is 5.11 Å². The molecular weight excluding hydrogens is 438 g/mol. The molecule has 0 saturated carbocycles. The summed E-state index contributed by atoms with van der Waals surface area (Å²) in [5.41, 5.74) is 1.75. The first-order chi connectivity index (χ1) is 16.7. The summed E-state index contributed by atoms with van der Waals surface area (Å²) in [6.45, 7) is 3.12. The normalized spacial score (nSPS) is 19.2. The third-order valence-electron chi connectivity index (χ3n) is 5.56. The standard InChI is InChI=1S/C24H31N5O5/c1-32-20-6-3-2-5-18(15-20)21-7-4-9-29(27-21)23-16-22(28-10-13-33-14-11-28)25-24(26-23)34-12-8-19(31)17-30/h2-5,7,15-16,19,30-31H,6,8-14,17H2,1H3. The number of aliphatic hydroxyl groups is 2. The number of ether oxygens (including phenoxy) is 3. The van der Waals surface area contributed by atoms with Gasteiger partial charge < -0.3 is 29.3 Å². The van der Waals surface area contributed by atoms with Gasteiger partial charge in [-0.25, -0.2) is 5.01 Å². The molecule has 2 aliphatic heterocycles. The summed E-state index contributed by atoms with van der Waals surface area (Å²) >= 11 is 0. The van der Waals surface area contributed by atoms with Crippen LogP contribution in [0.15, 0.2) is 59.0 Å². The number of rotatable bonds is 9. The Morgan fingerprint density at radius 3 is 2.79 bits per heavy atom. The van der Waals surface area contributed by atoms with Crippen molar-refractivity contribution in [3.05, 3.63) is 53.9 Å². The fraction of sp³-hybridized carbons (Fsp3) is 0.458. The summed E-state index contributed by atoms with van der Waals surface area (Å²) in [6, 6.07) is 2.10. The van der Waals surface area contributed by atoms with Crippen molar-refractivity contribution in [2.24, 2.45) is 5.10 Å². The van der Waals surface area contributed by atoms with Crippen molar-refractivity contribution in [3.8, 4) is 6.01 Å². The molecule has 10 heteroatoms. The average molecular weight is 470 g/mol. The molecule has 1 aromatic heterocycles. The fourth-order valence-electron chi connectivity index (χ4n) is 3.63. The number of allylic oxidation sites excluding steroid dienone is 6. The highest BCUT2D eigenvalue weighted by Crippen LogP contribution is 2.26. The predicted molar refractivity (Wildman–Crippen MR) is 129 cm³/mol. The summed E-state index contributed by atoms with van der Waals surface area (Å²) in [5, 5.41) is 25.3. The van der Waals surface area contributed by atoms with E-state index in [0.717, 1.165) is 42.4 Å². The summed E-state index contributed by atoms with van der Waals surface area (Å²) in [5.74, 6) is 2.21. The Hall–Kier alpha value is -3.21. The highest BCUT2D eigenvalue weighted by molar-refractivity contribution is 6.11. The molecule has 3 heterocycles. The van der Waals surface area contributed by atoms with Crippen LogP contribution in [-0.4, -0.2) is 85.2 Å². The zero-order valence-electron chi connectivity index (χ0n) is 19.3. The maximum atomic E-state index is 9.61. The molecule has 1 atom stereocenters. The Kier molecular flexibility index (Phi) is 8.29. The van der Waals surface area contributed by atoms with Crippen LogP contribution in [0.25, 0.3) is 0 Å². The third kappa shape index (κ3) is 6.22. The van der Waals surface area contributed by atoms with Gasteiger partial charge in [0.25, 0.3) is 0 Å². The first-order valence-corrected chi connectivity index (χ1v) is 11.4. The van der Waals surface area contributed by atoms with E-state index in [1.54, 1.807) is 7.11 Å². The van der Waals surface area contributed by atoms with Gasteiger partial charge in [0.05, 0.1) is 57.7 Å². The lowest BCUT2D eigenvalue weighted by atomic mass is 10.1. The van der Waals surface area contributed by atoms with Crippen LogP contribution in [0.5, 0.6) is 6.01 Å². The molecule has 1 saturated heterocycles. The zero-order valence-corrected chi connectivity index (χ0v) is 19.3. The summed E-state index contributed by atoms with van der Waals surface area (Å²) < 4.78 is 16.7. The molecule has 0 amide bonds. The maximum absolute atomic E-state index is 9.61. The molecule has 0 radical (unpaired) electrons. The summed E-state index contributed by atoms with van der Waals surface area (Å²) in [4.78, 5) is 11.3. The van der Waals surface area contributed by atoms with Gasteiger partial charge in [0.1, 0.15) is 5.82 Å². The van der Waals surface area contributed by atoms with Gasteiger partial charge in [-0.1, -0.05) is 24.3 Å². The third-order valence-corrected chi connectivity index (χ3v) is 5.56.